The molecule has 0 fully saturated rings. The zero-order chi connectivity index (χ0) is 15.2. The highest BCUT2D eigenvalue weighted by atomic mass is 32.1. The van der Waals surface area contributed by atoms with Crippen LogP contribution in [0.1, 0.15) is 33.4 Å². The zero-order valence-electron chi connectivity index (χ0n) is 11.8. The predicted molar refractivity (Wildman–Crippen MR) is 76.0 cm³/mol. The van der Waals surface area contributed by atoms with Gasteiger partial charge >= 0.3 is 14.3 Å². The monoisotopic (exact) mass is 321 g/mol. The first kappa shape index (κ1) is 17.0. The minimum atomic E-state index is -2.13. The van der Waals surface area contributed by atoms with Crippen LogP contribution in [0, 0.1) is 0 Å². The Morgan fingerprint density at radius 1 is 1.45 bits per heavy atom. The molecular weight excluding hydrogens is 303 g/mol. The number of hydrogen-bond acceptors (Lipinski definition) is 7. The molecule has 1 aromatic heterocycles. The molecular formula is C11H18N2O5PS+. The van der Waals surface area contributed by atoms with E-state index in [1.165, 1.54) is 11.3 Å². The molecule has 20 heavy (non-hydrogen) atoms. The molecule has 1 aromatic rings. The third kappa shape index (κ3) is 6.91. The molecule has 1 atom stereocenters. The van der Waals surface area contributed by atoms with Crippen molar-refractivity contribution >= 4 is 30.8 Å². The van der Waals surface area contributed by atoms with Gasteiger partial charge in [0.25, 0.3) is 0 Å². The number of amides is 1. The van der Waals surface area contributed by atoms with E-state index in [-0.39, 0.29) is 6.61 Å². The second kappa shape index (κ2) is 7.64. The topological polar surface area (TPSA) is 86.8 Å². The Kier molecular flexibility index (Phi) is 6.48. The van der Waals surface area contributed by atoms with Crippen LogP contribution in [0.5, 0.6) is 0 Å². The van der Waals surface area contributed by atoms with Crippen LogP contribution in [-0.4, -0.2) is 23.3 Å². The number of ether oxygens (including phenoxy) is 1. The lowest BCUT2D eigenvalue weighted by atomic mass is 10.2. The van der Waals surface area contributed by atoms with Crippen LogP contribution in [-0.2, 0) is 25.0 Å². The number of aromatic nitrogens is 1. The third-order valence-corrected chi connectivity index (χ3v) is 3.33. The second-order valence-corrected chi connectivity index (χ2v) is 6.51. The van der Waals surface area contributed by atoms with E-state index < -0.39 is 19.9 Å². The van der Waals surface area contributed by atoms with Crippen molar-refractivity contribution in [2.75, 3.05) is 11.9 Å². The van der Waals surface area contributed by atoms with Crippen LogP contribution in [0.4, 0.5) is 9.93 Å². The second-order valence-electron chi connectivity index (χ2n) is 4.69. The van der Waals surface area contributed by atoms with Gasteiger partial charge in [0.15, 0.2) is 5.13 Å². The Morgan fingerprint density at radius 3 is 2.75 bits per heavy atom. The molecule has 112 valence electrons. The van der Waals surface area contributed by atoms with Gasteiger partial charge in [0.05, 0.1) is 5.69 Å². The van der Waals surface area contributed by atoms with E-state index in [9.17, 15) is 9.36 Å². The number of anilines is 1. The van der Waals surface area contributed by atoms with Crippen molar-refractivity contribution in [3.05, 3.63) is 11.1 Å². The summed E-state index contributed by atoms with van der Waals surface area (Å²) in [5.41, 5.74) is -0.00694. The molecule has 1 N–H and O–H groups in total. The fourth-order valence-corrected chi connectivity index (χ4v) is 2.29. The molecule has 1 heterocycles. The van der Waals surface area contributed by atoms with Gasteiger partial charge < -0.3 is 4.74 Å². The molecule has 1 rings (SSSR count). The highest BCUT2D eigenvalue weighted by Gasteiger charge is 2.21. The zero-order valence-corrected chi connectivity index (χ0v) is 13.5. The summed E-state index contributed by atoms with van der Waals surface area (Å²) in [5, 5.41) is 4.61. The minimum absolute atomic E-state index is 0.0572. The van der Waals surface area contributed by atoms with Crippen molar-refractivity contribution in [1.29, 1.82) is 0 Å². The molecule has 9 heteroatoms. The standard InChI is InChI=1S/C11H17N2O5PS/c1-5-16-19(15)17-6-8-7-20-9(12-8)13-10(14)18-11(2,3)4/h7H,5-6H2,1-4H3/p+1. The Morgan fingerprint density at radius 2 is 2.15 bits per heavy atom. The molecule has 0 spiro atoms. The van der Waals surface area contributed by atoms with Crippen molar-refractivity contribution < 1.29 is 23.1 Å². The number of hydrogen-bond donors (Lipinski definition) is 1. The smallest absolute Gasteiger partial charge is 0.444 e. The summed E-state index contributed by atoms with van der Waals surface area (Å²) in [5.74, 6) is 0. The van der Waals surface area contributed by atoms with E-state index in [0.29, 0.717) is 17.4 Å². The van der Waals surface area contributed by atoms with E-state index >= 15 is 0 Å². The van der Waals surface area contributed by atoms with Crippen molar-refractivity contribution in [3.8, 4) is 0 Å². The Hall–Kier alpha value is -1.08. The molecule has 0 aromatic carbocycles. The average molecular weight is 321 g/mol. The van der Waals surface area contributed by atoms with Crippen LogP contribution in [0.3, 0.4) is 0 Å². The first-order chi connectivity index (χ1) is 9.30. The van der Waals surface area contributed by atoms with Gasteiger partial charge in [-0.3, -0.25) is 5.32 Å². The van der Waals surface area contributed by atoms with Crippen molar-refractivity contribution in [2.45, 2.75) is 39.9 Å². The Balaban J connectivity index is 2.43. The van der Waals surface area contributed by atoms with Crippen LogP contribution < -0.4 is 5.32 Å². The molecule has 0 aliphatic rings. The van der Waals surface area contributed by atoms with Crippen LogP contribution in [0.25, 0.3) is 0 Å². The van der Waals surface area contributed by atoms with Crippen LogP contribution in [0.2, 0.25) is 0 Å². The summed E-state index contributed by atoms with van der Waals surface area (Å²) >= 11 is 1.23. The molecule has 0 radical (unpaired) electrons. The maximum absolute atomic E-state index is 11.5. The van der Waals surface area contributed by atoms with E-state index in [4.69, 9.17) is 13.8 Å². The van der Waals surface area contributed by atoms with Crippen molar-refractivity contribution in [3.63, 3.8) is 0 Å². The predicted octanol–water partition coefficient (Wildman–Crippen LogP) is 3.70. The van der Waals surface area contributed by atoms with Gasteiger partial charge in [-0.2, -0.15) is 0 Å². The van der Waals surface area contributed by atoms with E-state index in [0.717, 1.165) is 0 Å². The maximum Gasteiger partial charge on any atom is 0.697 e. The van der Waals surface area contributed by atoms with E-state index in [1.807, 2.05) is 0 Å². The number of thiazole rings is 1. The summed E-state index contributed by atoms with van der Waals surface area (Å²) in [6.45, 7) is 7.43. The normalized spacial score (nSPS) is 12.1. The summed E-state index contributed by atoms with van der Waals surface area (Å²) in [4.78, 5) is 15.6. The molecule has 0 aliphatic heterocycles. The fourth-order valence-electron chi connectivity index (χ4n) is 1.08. The molecule has 0 aliphatic carbocycles. The average Bonchev–Trinajstić information content (AvgIpc) is 2.71. The molecule has 0 saturated heterocycles. The number of rotatable bonds is 6. The van der Waals surface area contributed by atoms with Gasteiger partial charge in [0.1, 0.15) is 18.8 Å². The third-order valence-electron chi connectivity index (χ3n) is 1.71. The number of carbonyl (C=O) groups excluding carboxylic acids is 1. The molecule has 1 amide bonds. The van der Waals surface area contributed by atoms with Crippen molar-refractivity contribution in [1.82, 2.24) is 4.98 Å². The lowest BCUT2D eigenvalue weighted by Crippen LogP contribution is -2.27. The Labute approximate surface area is 122 Å². The van der Waals surface area contributed by atoms with Crippen LogP contribution in [0.15, 0.2) is 5.38 Å². The quantitative estimate of drug-likeness (QED) is 0.804. The number of nitrogens with zero attached hydrogens (tertiary/aromatic N) is 1. The highest BCUT2D eigenvalue weighted by Crippen LogP contribution is 2.26. The van der Waals surface area contributed by atoms with Gasteiger partial charge in [0.2, 0.25) is 0 Å². The van der Waals surface area contributed by atoms with Gasteiger partial charge in [-0.15, -0.1) is 20.4 Å². The molecule has 0 bridgehead atoms. The largest absolute Gasteiger partial charge is 0.697 e. The summed E-state index contributed by atoms with van der Waals surface area (Å²) in [7, 11) is -2.13. The summed E-state index contributed by atoms with van der Waals surface area (Å²) in [6.07, 6.45) is -0.570. The maximum atomic E-state index is 11.5. The van der Waals surface area contributed by atoms with Gasteiger partial charge in [-0.25, -0.2) is 9.78 Å². The van der Waals surface area contributed by atoms with Gasteiger partial charge in [-0.1, -0.05) is 0 Å². The SMILES string of the molecule is CCO[P+](=O)OCc1csc(NC(=O)OC(C)(C)C)n1. The van der Waals surface area contributed by atoms with E-state index in [1.54, 1.807) is 33.1 Å². The van der Waals surface area contributed by atoms with Crippen LogP contribution >= 0.6 is 19.6 Å². The highest BCUT2D eigenvalue weighted by molar-refractivity contribution is 7.33. The summed E-state index contributed by atoms with van der Waals surface area (Å²) in [6, 6.07) is 0. The lowest BCUT2D eigenvalue weighted by Gasteiger charge is -2.18. The Bertz CT molecular complexity index is 472. The fraction of sp³-hybridized carbons (Fsp3) is 0.636. The first-order valence-corrected chi connectivity index (χ1v) is 7.95. The van der Waals surface area contributed by atoms with Gasteiger partial charge in [-0.05, 0) is 27.7 Å². The molecule has 7 nitrogen and oxygen atoms in total. The lowest BCUT2D eigenvalue weighted by molar-refractivity contribution is 0.0636. The van der Waals surface area contributed by atoms with E-state index in [2.05, 4.69) is 10.3 Å². The number of nitrogens with one attached hydrogen (secondary N) is 1. The first-order valence-electron chi connectivity index (χ1n) is 5.97. The summed E-state index contributed by atoms with van der Waals surface area (Å²) < 4.78 is 26.0. The van der Waals surface area contributed by atoms with Gasteiger partial charge in [0, 0.05) is 9.95 Å². The number of carbonyl (C=O) groups is 1. The van der Waals surface area contributed by atoms with Crippen molar-refractivity contribution in [2.24, 2.45) is 0 Å². The molecule has 0 saturated carbocycles. The molecule has 1 unspecified atom stereocenters. The minimum Gasteiger partial charge on any atom is -0.444 e.